The minimum Gasteiger partial charge on any atom is -0.267 e. The van der Waals surface area contributed by atoms with Crippen LogP contribution >= 0.6 is 0 Å². The highest BCUT2D eigenvalue weighted by atomic mass is 16.2. The average Bonchev–Trinajstić information content (AvgIpc) is 2.54. The van der Waals surface area contributed by atoms with Crippen LogP contribution in [-0.2, 0) is 13.6 Å². The summed E-state index contributed by atoms with van der Waals surface area (Å²) in [5, 5.41) is 4.43. The van der Waals surface area contributed by atoms with E-state index in [0.29, 0.717) is 12.4 Å². The van der Waals surface area contributed by atoms with Crippen LogP contribution in [-0.4, -0.2) is 24.3 Å². The van der Waals surface area contributed by atoms with Gasteiger partial charge in [0, 0.05) is 19.2 Å². The molecule has 0 N–H and O–H groups in total. The fourth-order valence-corrected chi connectivity index (χ4v) is 2.20. The highest BCUT2D eigenvalue weighted by Crippen LogP contribution is 2.18. The van der Waals surface area contributed by atoms with Gasteiger partial charge in [0.05, 0.1) is 0 Å². The lowest BCUT2D eigenvalue weighted by molar-refractivity contribution is 0.571. The summed E-state index contributed by atoms with van der Waals surface area (Å²) in [6.07, 6.45) is 0.802. The van der Waals surface area contributed by atoms with E-state index in [1.54, 1.807) is 4.68 Å². The third-order valence-electron chi connectivity index (χ3n) is 3.35. The summed E-state index contributed by atoms with van der Waals surface area (Å²) < 4.78 is 2.54. The van der Waals surface area contributed by atoms with Crippen molar-refractivity contribution in [3.8, 4) is 22.9 Å². The van der Waals surface area contributed by atoms with E-state index in [2.05, 4.69) is 15.1 Å². The van der Waals surface area contributed by atoms with Crippen LogP contribution in [0.1, 0.15) is 13.3 Å². The number of aromatic nitrogens is 5. The first-order chi connectivity index (χ1) is 10.6. The molecule has 22 heavy (non-hydrogen) atoms. The zero-order valence-corrected chi connectivity index (χ0v) is 12.4. The molecule has 7 heteroatoms. The van der Waals surface area contributed by atoms with E-state index in [-0.39, 0.29) is 11.5 Å². The Labute approximate surface area is 126 Å². The number of fused-ring (bicyclic) bond motifs is 1. The zero-order chi connectivity index (χ0) is 15.7. The number of hydrogen-bond acceptors (Lipinski definition) is 5. The molecule has 112 valence electrons. The lowest BCUT2D eigenvalue weighted by Gasteiger charge is -2.13. The summed E-state index contributed by atoms with van der Waals surface area (Å²) in [6, 6.07) is 9.40. The Kier molecular flexibility index (Phi) is 3.54. The van der Waals surface area contributed by atoms with Gasteiger partial charge < -0.3 is 0 Å². The highest BCUT2D eigenvalue weighted by molar-refractivity contribution is 5.59. The van der Waals surface area contributed by atoms with Crippen LogP contribution in [0.3, 0.4) is 0 Å². The Morgan fingerprint density at radius 1 is 1.09 bits per heavy atom. The van der Waals surface area contributed by atoms with Crippen molar-refractivity contribution < 1.29 is 0 Å². The van der Waals surface area contributed by atoms with Gasteiger partial charge in [0.25, 0.3) is 5.56 Å². The Morgan fingerprint density at radius 3 is 2.50 bits per heavy atom. The van der Waals surface area contributed by atoms with Crippen molar-refractivity contribution in [3.05, 3.63) is 51.2 Å². The van der Waals surface area contributed by atoms with Gasteiger partial charge >= 0.3 is 5.69 Å². The standard InChI is InChI=1S/C15H15N5O2/c1-3-9-20-13-11(14(21)19(2)15(22)17-13)16-12(18-20)10-7-5-4-6-8-10/h4-8H,3,9H2,1-2H3. The predicted molar refractivity (Wildman–Crippen MR) is 81.7 cm³/mol. The number of hydrogen-bond donors (Lipinski definition) is 0. The number of benzene rings is 1. The molecule has 3 rings (SSSR count). The minimum atomic E-state index is -0.599. The average molecular weight is 297 g/mol. The van der Waals surface area contributed by atoms with E-state index in [1.165, 1.54) is 7.05 Å². The molecule has 0 atom stereocenters. The normalized spacial score (nSPS) is 11.0. The first kappa shape index (κ1) is 14.1. The molecular weight excluding hydrogens is 282 g/mol. The number of rotatable bonds is 3. The maximum atomic E-state index is 12.3. The molecule has 0 unspecified atom stereocenters. The highest BCUT2D eigenvalue weighted by Gasteiger charge is 2.20. The maximum absolute atomic E-state index is 12.3. The van der Waals surface area contributed by atoms with Crippen LogP contribution in [0.2, 0.25) is 0 Å². The van der Waals surface area contributed by atoms with Gasteiger partial charge in [-0.1, -0.05) is 37.3 Å². The van der Waals surface area contributed by atoms with Gasteiger partial charge in [-0.3, -0.25) is 9.36 Å². The molecule has 0 fully saturated rings. The fourth-order valence-electron chi connectivity index (χ4n) is 2.20. The van der Waals surface area contributed by atoms with Crippen LogP contribution in [0.5, 0.6) is 0 Å². The quantitative estimate of drug-likeness (QED) is 0.717. The topological polar surface area (TPSA) is 82.7 Å². The molecular formula is C15H15N5O2. The summed E-state index contributed by atoms with van der Waals surface area (Å²) in [4.78, 5) is 32.3. The van der Waals surface area contributed by atoms with Gasteiger partial charge in [0.1, 0.15) is 0 Å². The third kappa shape index (κ3) is 2.30. The molecule has 0 amide bonds. The Balaban J connectivity index is 2.36. The van der Waals surface area contributed by atoms with Crippen molar-refractivity contribution in [1.29, 1.82) is 0 Å². The molecule has 0 aliphatic carbocycles. The third-order valence-corrected chi connectivity index (χ3v) is 3.35. The van der Waals surface area contributed by atoms with Gasteiger partial charge in [-0.05, 0) is 6.42 Å². The zero-order valence-electron chi connectivity index (χ0n) is 12.4. The molecule has 0 bridgehead atoms. The van der Waals surface area contributed by atoms with Gasteiger partial charge in [0.2, 0.25) is 0 Å². The second kappa shape index (κ2) is 5.51. The second-order valence-corrected chi connectivity index (χ2v) is 4.96. The summed E-state index contributed by atoms with van der Waals surface area (Å²) in [5.41, 5.74) is -0.0928. The first-order valence-electron chi connectivity index (χ1n) is 7.03. The lowest BCUT2D eigenvalue weighted by atomic mass is 10.2. The van der Waals surface area contributed by atoms with Gasteiger partial charge in [-0.25, -0.2) is 14.5 Å². The maximum Gasteiger partial charge on any atom is 0.352 e. The molecule has 0 saturated heterocycles. The van der Waals surface area contributed by atoms with E-state index >= 15 is 0 Å². The molecule has 2 aliphatic heterocycles. The van der Waals surface area contributed by atoms with Crippen LogP contribution < -0.4 is 11.2 Å². The summed E-state index contributed by atoms with van der Waals surface area (Å²) in [6.45, 7) is 2.54. The Morgan fingerprint density at radius 2 is 1.82 bits per heavy atom. The first-order valence-corrected chi connectivity index (χ1v) is 7.03. The van der Waals surface area contributed by atoms with Crippen molar-refractivity contribution in [2.24, 2.45) is 7.05 Å². The molecule has 0 aromatic heterocycles. The molecule has 2 aliphatic rings. The van der Waals surface area contributed by atoms with Crippen LogP contribution in [0.15, 0.2) is 39.9 Å². The Bertz CT molecular complexity index is 898. The predicted octanol–water partition coefficient (Wildman–Crippen LogP) is 0.914. The molecule has 7 nitrogen and oxygen atoms in total. The summed E-state index contributed by atoms with van der Waals surface area (Å²) in [7, 11) is 1.39. The minimum absolute atomic E-state index is 0.157. The van der Waals surface area contributed by atoms with Crippen molar-refractivity contribution in [3.63, 3.8) is 0 Å². The molecule has 0 spiro atoms. The second-order valence-electron chi connectivity index (χ2n) is 4.96. The van der Waals surface area contributed by atoms with Gasteiger partial charge in [-0.15, -0.1) is 0 Å². The SMILES string of the molecule is CCCn1nc(-c2ccccc2)nc2c(=O)n(C)c(=O)nc1-2. The smallest absolute Gasteiger partial charge is 0.267 e. The summed E-state index contributed by atoms with van der Waals surface area (Å²) >= 11 is 0. The molecule has 0 radical (unpaired) electrons. The van der Waals surface area contributed by atoms with Gasteiger partial charge in [-0.2, -0.15) is 10.1 Å². The molecule has 1 aromatic carbocycles. The van der Waals surface area contributed by atoms with E-state index in [9.17, 15) is 9.59 Å². The van der Waals surface area contributed by atoms with Crippen LogP contribution in [0.25, 0.3) is 22.9 Å². The van der Waals surface area contributed by atoms with Crippen LogP contribution in [0, 0.1) is 0 Å². The van der Waals surface area contributed by atoms with Crippen molar-refractivity contribution >= 4 is 0 Å². The molecule has 0 saturated carbocycles. The summed E-state index contributed by atoms with van der Waals surface area (Å²) in [5.74, 6) is 0.675. The monoisotopic (exact) mass is 297 g/mol. The van der Waals surface area contributed by atoms with Crippen molar-refractivity contribution in [2.45, 2.75) is 19.9 Å². The van der Waals surface area contributed by atoms with Crippen molar-refractivity contribution in [2.75, 3.05) is 0 Å². The fraction of sp³-hybridized carbons (Fsp3) is 0.267. The molecule has 2 heterocycles. The largest absolute Gasteiger partial charge is 0.352 e. The van der Waals surface area contributed by atoms with Gasteiger partial charge in [0.15, 0.2) is 17.3 Å². The van der Waals surface area contributed by atoms with Crippen molar-refractivity contribution in [1.82, 2.24) is 24.3 Å². The number of nitrogens with zero attached hydrogens (tertiary/aromatic N) is 5. The van der Waals surface area contributed by atoms with E-state index in [1.807, 2.05) is 37.3 Å². The molecule has 1 aromatic rings. The lowest BCUT2D eigenvalue weighted by Crippen LogP contribution is -2.37. The van der Waals surface area contributed by atoms with Crippen LogP contribution in [0.4, 0.5) is 0 Å². The van der Waals surface area contributed by atoms with E-state index in [0.717, 1.165) is 16.6 Å². The van der Waals surface area contributed by atoms with E-state index < -0.39 is 11.2 Å². The Hall–Kier alpha value is -2.83. The van der Waals surface area contributed by atoms with E-state index in [4.69, 9.17) is 0 Å². The number of aryl methyl sites for hydroxylation is 1.